The van der Waals surface area contributed by atoms with E-state index in [1.54, 1.807) is 0 Å². The highest BCUT2D eigenvalue weighted by Crippen LogP contribution is 2.32. The molecular formula is C54H40. The Balaban J connectivity index is 1.10. The summed E-state index contributed by atoms with van der Waals surface area (Å²) in [4.78, 5) is 0. The molecule has 1 aliphatic rings. The van der Waals surface area contributed by atoms with Crippen LogP contribution in [0.1, 0.15) is 66.8 Å². The van der Waals surface area contributed by atoms with E-state index in [0.29, 0.717) is 0 Å². The molecule has 0 heteroatoms. The molecule has 0 amide bonds. The molecular weight excluding hydrogens is 649 g/mol. The molecule has 4 radical (unpaired) electrons. The fourth-order valence-corrected chi connectivity index (χ4v) is 7.56. The highest BCUT2D eigenvalue weighted by atomic mass is 14.2. The van der Waals surface area contributed by atoms with Crippen molar-refractivity contribution in [3.63, 3.8) is 0 Å². The van der Waals surface area contributed by atoms with Gasteiger partial charge in [-0.05, 0) is 102 Å². The Morgan fingerprint density at radius 2 is 0.500 bits per heavy atom. The average Bonchev–Trinajstić information content (AvgIpc) is 3.19. The summed E-state index contributed by atoms with van der Waals surface area (Å²) in [5.41, 5.74) is 19.5. The molecule has 256 valence electrons. The molecule has 1 aliphatic carbocycles. The summed E-state index contributed by atoms with van der Waals surface area (Å²) in [5.74, 6) is 0. The van der Waals surface area contributed by atoms with Crippen LogP contribution in [-0.4, -0.2) is 0 Å². The zero-order chi connectivity index (χ0) is 36.1. The fraction of sp³-hybridized carbons (Fsp3) is 0.0370. The summed E-state index contributed by atoms with van der Waals surface area (Å²) in [7, 11) is 0. The quantitative estimate of drug-likeness (QED) is 0.163. The van der Waals surface area contributed by atoms with Crippen LogP contribution in [0.2, 0.25) is 0 Å². The van der Waals surface area contributed by atoms with Gasteiger partial charge in [0.05, 0.1) is 0 Å². The Morgan fingerprint density at radius 3 is 0.870 bits per heavy atom. The molecule has 0 fully saturated rings. The number of hydrogen-bond donors (Lipinski definition) is 0. The first-order chi connectivity index (χ1) is 26.6. The number of fused-ring (bicyclic) bond motifs is 8. The Morgan fingerprint density at radius 1 is 0.204 bits per heavy atom. The summed E-state index contributed by atoms with van der Waals surface area (Å²) < 4.78 is 0. The van der Waals surface area contributed by atoms with E-state index < -0.39 is 0 Å². The standard InChI is InChI=1S/C54H40/c1-3-9-39(10-4-1)25-41-17-21-51(22-18-41)53-35-47-30-45-15-7-13-43(28-45)27-44-14-8-16-46(29-44)31-48-33-50(34-49(32-47)37-53)38-54(36-48)52-23-19-42(20-24-52)26-40-11-5-2-6-12-40/h1-24,27-38H,25-26H2. The first-order valence-corrected chi connectivity index (χ1v) is 18.8. The lowest BCUT2D eigenvalue weighted by Crippen LogP contribution is -1.97. The van der Waals surface area contributed by atoms with Gasteiger partial charge in [-0.2, -0.15) is 0 Å². The van der Waals surface area contributed by atoms with Gasteiger partial charge in [-0.15, -0.1) is 0 Å². The minimum Gasteiger partial charge on any atom is -0.0622 e. The molecule has 0 unspecified atom stereocenters. The number of benzene rings is 8. The van der Waals surface area contributed by atoms with E-state index in [4.69, 9.17) is 0 Å². The lowest BCUT2D eigenvalue weighted by molar-refractivity contribution is 1.19. The topological polar surface area (TPSA) is 0 Å². The second kappa shape index (κ2) is 15.4. The van der Waals surface area contributed by atoms with Gasteiger partial charge in [0.25, 0.3) is 0 Å². The van der Waals surface area contributed by atoms with Crippen LogP contribution >= 0.6 is 0 Å². The first kappa shape index (κ1) is 33.6. The van der Waals surface area contributed by atoms with Crippen LogP contribution in [0.3, 0.4) is 0 Å². The Kier molecular flexibility index (Phi) is 9.57. The van der Waals surface area contributed by atoms with Gasteiger partial charge in [0.1, 0.15) is 0 Å². The SMILES string of the molecule is [CH]1c2cccc(c2)[CH]c2cc(cc(-c3ccc(Cc4ccccc4)cc3)c2)[CH]c2cc(cc(-c3ccc(Cc4ccccc4)cc3)c2)[CH]c2cccc1c2. The Hall–Kier alpha value is -6.24. The fourth-order valence-electron chi connectivity index (χ4n) is 7.56. The van der Waals surface area contributed by atoms with Crippen molar-refractivity contribution >= 4 is 0 Å². The predicted octanol–water partition coefficient (Wildman–Crippen LogP) is 12.9. The van der Waals surface area contributed by atoms with E-state index in [1.807, 2.05) is 0 Å². The van der Waals surface area contributed by atoms with Crippen molar-refractivity contribution in [2.45, 2.75) is 12.8 Å². The minimum atomic E-state index is 0.927. The van der Waals surface area contributed by atoms with Crippen molar-refractivity contribution in [2.75, 3.05) is 0 Å². The Labute approximate surface area is 320 Å². The highest BCUT2D eigenvalue weighted by molar-refractivity contribution is 5.70. The van der Waals surface area contributed by atoms with Gasteiger partial charge in [0.15, 0.2) is 0 Å². The molecule has 0 nitrogen and oxygen atoms in total. The van der Waals surface area contributed by atoms with E-state index in [9.17, 15) is 0 Å². The number of rotatable bonds is 6. The third-order valence-electron chi connectivity index (χ3n) is 10.2. The molecule has 8 aromatic carbocycles. The second-order valence-electron chi connectivity index (χ2n) is 14.4. The van der Waals surface area contributed by atoms with Crippen LogP contribution in [0.25, 0.3) is 22.3 Å². The maximum atomic E-state index is 2.34. The molecule has 9 rings (SSSR count). The van der Waals surface area contributed by atoms with Crippen molar-refractivity contribution in [3.05, 3.63) is 287 Å². The molecule has 0 aromatic heterocycles. The molecule has 0 saturated carbocycles. The molecule has 8 bridgehead atoms. The van der Waals surface area contributed by atoms with E-state index in [0.717, 1.165) is 12.8 Å². The van der Waals surface area contributed by atoms with Gasteiger partial charge in [0, 0.05) is 25.7 Å². The maximum absolute atomic E-state index is 2.34. The van der Waals surface area contributed by atoms with Gasteiger partial charge in [0.2, 0.25) is 0 Å². The van der Waals surface area contributed by atoms with Gasteiger partial charge < -0.3 is 0 Å². The summed E-state index contributed by atoms with van der Waals surface area (Å²) in [6.07, 6.45) is 11.1. The van der Waals surface area contributed by atoms with Crippen LogP contribution in [0.5, 0.6) is 0 Å². The molecule has 0 aliphatic heterocycles. The third-order valence-corrected chi connectivity index (χ3v) is 10.2. The van der Waals surface area contributed by atoms with Crippen LogP contribution in [-0.2, 0) is 12.8 Å². The molecule has 0 N–H and O–H groups in total. The summed E-state index contributed by atoms with van der Waals surface area (Å²) in [6, 6.07) is 71.1. The smallest absolute Gasteiger partial charge is 0.0199 e. The van der Waals surface area contributed by atoms with Gasteiger partial charge >= 0.3 is 0 Å². The van der Waals surface area contributed by atoms with Crippen molar-refractivity contribution in [1.29, 1.82) is 0 Å². The molecule has 0 spiro atoms. The van der Waals surface area contributed by atoms with Crippen molar-refractivity contribution in [1.82, 2.24) is 0 Å². The monoisotopic (exact) mass is 688 g/mol. The van der Waals surface area contributed by atoms with E-state index in [2.05, 4.69) is 220 Å². The molecule has 0 atom stereocenters. The lowest BCUT2D eigenvalue weighted by atomic mass is 9.89. The molecule has 0 heterocycles. The zero-order valence-corrected chi connectivity index (χ0v) is 30.2. The average molecular weight is 689 g/mol. The first-order valence-electron chi connectivity index (χ1n) is 18.8. The predicted molar refractivity (Wildman–Crippen MR) is 225 cm³/mol. The molecule has 0 saturated heterocycles. The molecule has 54 heavy (non-hydrogen) atoms. The Bertz CT molecular complexity index is 2330. The van der Waals surface area contributed by atoms with Crippen LogP contribution < -0.4 is 0 Å². The second-order valence-corrected chi connectivity index (χ2v) is 14.4. The van der Waals surface area contributed by atoms with Crippen molar-refractivity contribution in [2.24, 2.45) is 0 Å². The van der Waals surface area contributed by atoms with E-state index in [-0.39, 0.29) is 0 Å². The van der Waals surface area contributed by atoms with Gasteiger partial charge in [-0.3, -0.25) is 0 Å². The summed E-state index contributed by atoms with van der Waals surface area (Å²) in [5, 5.41) is 0. The maximum Gasteiger partial charge on any atom is 0.0199 e. The third kappa shape index (κ3) is 8.20. The van der Waals surface area contributed by atoms with Gasteiger partial charge in [-0.25, -0.2) is 0 Å². The summed E-state index contributed by atoms with van der Waals surface area (Å²) >= 11 is 0. The van der Waals surface area contributed by atoms with E-state index >= 15 is 0 Å². The minimum absolute atomic E-state index is 0.927. The van der Waals surface area contributed by atoms with Crippen LogP contribution in [0, 0.1) is 25.7 Å². The lowest BCUT2D eigenvalue weighted by Gasteiger charge is -2.15. The van der Waals surface area contributed by atoms with Crippen molar-refractivity contribution in [3.8, 4) is 22.3 Å². The summed E-state index contributed by atoms with van der Waals surface area (Å²) in [6.45, 7) is 0. The van der Waals surface area contributed by atoms with Crippen LogP contribution in [0.15, 0.2) is 194 Å². The largest absolute Gasteiger partial charge is 0.0622 e. The highest BCUT2D eigenvalue weighted by Gasteiger charge is 2.12. The van der Waals surface area contributed by atoms with E-state index in [1.165, 1.54) is 89.0 Å². The molecule has 8 aromatic rings. The normalized spacial score (nSPS) is 12.3. The van der Waals surface area contributed by atoms with Gasteiger partial charge in [-0.1, -0.05) is 194 Å². The van der Waals surface area contributed by atoms with Crippen LogP contribution in [0.4, 0.5) is 0 Å². The van der Waals surface area contributed by atoms with Crippen molar-refractivity contribution < 1.29 is 0 Å². The number of hydrogen-bond acceptors (Lipinski definition) is 0. The zero-order valence-electron chi connectivity index (χ0n) is 30.2.